The second-order valence-corrected chi connectivity index (χ2v) is 5.34. The average Bonchev–Trinajstić information content (AvgIpc) is 2.91. The van der Waals surface area contributed by atoms with Crippen LogP contribution in [0.25, 0.3) is 11.0 Å². The van der Waals surface area contributed by atoms with Crippen LogP contribution in [0.3, 0.4) is 0 Å². The Balaban J connectivity index is 2.00. The maximum absolute atomic E-state index is 13.8. The predicted molar refractivity (Wildman–Crippen MR) is 81.6 cm³/mol. The van der Waals surface area contributed by atoms with Gasteiger partial charge in [-0.3, -0.25) is 0 Å². The molecule has 0 saturated heterocycles. The summed E-state index contributed by atoms with van der Waals surface area (Å²) in [5.41, 5.74) is 1.99. The molecule has 1 aromatic heterocycles. The van der Waals surface area contributed by atoms with Gasteiger partial charge in [0.25, 0.3) is 0 Å². The van der Waals surface area contributed by atoms with Crippen molar-refractivity contribution in [2.45, 2.75) is 12.8 Å². The molecule has 1 heterocycles. The van der Waals surface area contributed by atoms with E-state index in [1.807, 2.05) is 31.2 Å². The molecule has 0 aliphatic carbocycles. The van der Waals surface area contributed by atoms with Crippen LogP contribution in [0.1, 0.15) is 24.2 Å². The molecule has 0 spiro atoms. The number of fused-ring (bicyclic) bond motifs is 1. The lowest BCUT2D eigenvalue weighted by molar-refractivity contribution is 0.414. The minimum Gasteiger partial charge on any atom is -0.497 e. The summed E-state index contributed by atoms with van der Waals surface area (Å²) in [5.74, 6) is 1.10. The number of hydrogen-bond acceptors (Lipinski definition) is 2. The van der Waals surface area contributed by atoms with Crippen LogP contribution in [-0.2, 0) is 0 Å². The number of ether oxygens (including phenoxy) is 1. The third-order valence-electron chi connectivity index (χ3n) is 3.55. The van der Waals surface area contributed by atoms with Gasteiger partial charge in [-0.15, -0.1) is 0 Å². The smallest absolute Gasteiger partial charge is 0.152 e. The van der Waals surface area contributed by atoms with Gasteiger partial charge in [-0.05, 0) is 29.8 Å². The van der Waals surface area contributed by atoms with Crippen LogP contribution in [-0.4, -0.2) is 17.1 Å². The molecule has 21 heavy (non-hydrogen) atoms. The highest BCUT2D eigenvalue weighted by Crippen LogP contribution is 2.28. The fourth-order valence-corrected chi connectivity index (χ4v) is 2.52. The van der Waals surface area contributed by atoms with Crippen LogP contribution in [0.2, 0.25) is 5.02 Å². The molecule has 108 valence electrons. The first kappa shape index (κ1) is 13.9. The summed E-state index contributed by atoms with van der Waals surface area (Å²) in [6, 6.07) is 10.7. The standard InChI is InChI=1S/C16H14ClFN2O/c1-9(10-3-5-12(21-2)6-4-10)16-19-14-8-11(17)7-13(18)15(14)20-16/h3-9H,1-2H3,(H,19,20). The first-order chi connectivity index (χ1) is 10.1. The van der Waals surface area contributed by atoms with E-state index < -0.39 is 5.82 Å². The molecule has 5 heteroatoms. The summed E-state index contributed by atoms with van der Waals surface area (Å²) >= 11 is 5.86. The zero-order valence-electron chi connectivity index (χ0n) is 11.7. The van der Waals surface area contributed by atoms with Gasteiger partial charge in [0, 0.05) is 10.9 Å². The summed E-state index contributed by atoms with van der Waals surface area (Å²) in [5, 5.41) is 0.354. The number of nitrogens with one attached hydrogen (secondary N) is 1. The normalized spacial score (nSPS) is 12.6. The van der Waals surface area contributed by atoms with Crippen LogP contribution < -0.4 is 4.74 Å². The average molecular weight is 305 g/mol. The SMILES string of the molecule is COc1ccc(C(C)c2nc3c(F)cc(Cl)cc3[nH]2)cc1. The number of H-pyrrole nitrogens is 1. The molecule has 3 aromatic rings. The number of imidazole rings is 1. The molecule has 3 nitrogen and oxygen atoms in total. The lowest BCUT2D eigenvalue weighted by Gasteiger charge is -2.09. The Labute approximate surface area is 126 Å². The molecular weight excluding hydrogens is 291 g/mol. The molecule has 0 aliphatic rings. The number of hydrogen-bond donors (Lipinski definition) is 1. The Hall–Kier alpha value is -2.07. The van der Waals surface area contributed by atoms with Crippen LogP contribution >= 0.6 is 11.6 Å². The lowest BCUT2D eigenvalue weighted by Crippen LogP contribution is -1.98. The summed E-state index contributed by atoms with van der Waals surface area (Å²) in [7, 11) is 1.63. The summed E-state index contributed by atoms with van der Waals surface area (Å²) in [6.07, 6.45) is 0. The summed E-state index contributed by atoms with van der Waals surface area (Å²) in [4.78, 5) is 7.49. The highest BCUT2D eigenvalue weighted by atomic mass is 35.5. The molecule has 0 aliphatic heterocycles. The van der Waals surface area contributed by atoms with Crippen molar-refractivity contribution in [2.24, 2.45) is 0 Å². The van der Waals surface area contributed by atoms with Crippen molar-refractivity contribution in [3.63, 3.8) is 0 Å². The van der Waals surface area contributed by atoms with E-state index in [9.17, 15) is 4.39 Å². The minimum atomic E-state index is -0.415. The Morgan fingerprint density at radius 1 is 1.24 bits per heavy atom. The Kier molecular flexibility index (Phi) is 3.55. The van der Waals surface area contributed by atoms with E-state index in [4.69, 9.17) is 16.3 Å². The Bertz CT molecular complexity index is 783. The highest BCUT2D eigenvalue weighted by Gasteiger charge is 2.15. The van der Waals surface area contributed by atoms with E-state index in [-0.39, 0.29) is 5.92 Å². The molecule has 0 fully saturated rings. The van der Waals surface area contributed by atoms with Gasteiger partial charge in [0.15, 0.2) is 5.82 Å². The lowest BCUT2D eigenvalue weighted by atomic mass is 10.0. The zero-order valence-corrected chi connectivity index (χ0v) is 12.4. The number of rotatable bonds is 3. The number of aromatic nitrogens is 2. The molecule has 0 radical (unpaired) electrons. The van der Waals surface area contributed by atoms with Gasteiger partial charge >= 0.3 is 0 Å². The van der Waals surface area contributed by atoms with E-state index in [0.29, 0.717) is 21.9 Å². The van der Waals surface area contributed by atoms with Crippen molar-refractivity contribution >= 4 is 22.6 Å². The van der Waals surface area contributed by atoms with Gasteiger partial charge in [-0.2, -0.15) is 0 Å². The van der Waals surface area contributed by atoms with E-state index in [1.54, 1.807) is 13.2 Å². The number of benzene rings is 2. The maximum atomic E-state index is 13.8. The monoisotopic (exact) mass is 304 g/mol. The van der Waals surface area contributed by atoms with E-state index >= 15 is 0 Å². The van der Waals surface area contributed by atoms with Gasteiger partial charge in [0.2, 0.25) is 0 Å². The zero-order chi connectivity index (χ0) is 15.0. The fraction of sp³-hybridized carbons (Fsp3) is 0.188. The van der Waals surface area contributed by atoms with E-state index in [0.717, 1.165) is 11.3 Å². The topological polar surface area (TPSA) is 37.9 Å². The molecular formula is C16H14ClFN2O. The largest absolute Gasteiger partial charge is 0.497 e. The van der Waals surface area contributed by atoms with Crippen molar-refractivity contribution in [1.82, 2.24) is 9.97 Å². The number of nitrogens with zero attached hydrogens (tertiary/aromatic N) is 1. The summed E-state index contributed by atoms with van der Waals surface area (Å²) < 4.78 is 19.0. The van der Waals surface area contributed by atoms with Crippen molar-refractivity contribution < 1.29 is 9.13 Å². The van der Waals surface area contributed by atoms with Gasteiger partial charge in [-0.25, -0.2) is 9.37 Å². The van der Waals surface area contributed by atoms with Gasteiger partial charge < -0.3 is 9.72 Å². The molecule has 1 atom stereocenters. The predicted octanol–water partition coefficient (Wildman–Crippen LogP) is 4.52. The molecule has 2 aromatic carbocycles. The summed E-state index contributed by atoms with van der Waals surface area (Å²) in [6.45, 7) is 2.01. The molecule has 3 rings (SSSR count). The fourth-order valence-electron chi connectivity index (χ4n) is 2.32. The molecule has 0 saturated carbocycles. The van der Waals surface area contributed by atoms with Crippen molar-refractivity contribution in [3.8, 4) is 5.75 Å². The van der Waals surface area contributed by atoms with E-state index in [2.05, 4.69) is 9.97 Å². The maximum Gasteiger partial charge on any atom is 0.152 e. The number of aromatic amines is 1. The Morgan fingerprint density at radius 2 is 1.95 bits per heavy atom. The quantitative estimate of drug-likeness (QED) is 0.772. The second-order valence-electron chi connectivity index (χ2n) is 4.90. The molecule has 1 unspecified atom stereocenters. The first-order valence-corrected chi connectivity index (χ1v) is 6.95. The molecule has 1 N–H and O–H groups in total. The van der Waals surface area contributed by atoms with Gasteiger partial charge in [0.1, 0.15) is 17.1 Å². The van der Waals surface area contributed by atoms with Crippen LogP contribution in [0, 0.1) is 5.82 Å². The van der Waals surface area contributed by atoms with Crippen LogP contribution in [0.4, 0.5) is 4.39 Å². The van der Waals surface area contributed by atoms with Crippen molar-refractivity contribution in [1.29, 1.82) is 0 Å². The Morgan fingerprint density at radius 3 is 2.62 bits per heavy atom. The van der Waals surface area contributed by atoms with E-state index in [1.165, 1.54) is 6.07 Å². The van der Waals surface area contributed by atoms with Crippen molar-refractivity contribution in [2.75, 3.05) is 7.11 Å². The van der Waals surface area contributed by atoms with Gasteiger partial charge in [0.05, 0.1) is 12.6 Å². The molecule has 0 amide bonds. The minimum absolute atomic E-state index is 0.0153. The number of halogens is 2. The third-order valence-corrected chi connectivity index (χ3v) is 3.77. The van der Waals surface area contributed by atoms with Gasteiger partial charge in [-0.1, -0.05) is 30.7 Å². The third kappa shape index (κ3) is 2.59. The number of methoxy groups -OCH3 is 1. The second kappa shape index (κ2) is 5.37. The van der Waals surface area contributed by atoms with Crippen LogP contribution in [0.5, 0.6) is 5.75 Å². The highest BCUT2D eigenvalue weighted by molar-refractivity contribution is 6.31. The molecule has 0 bridgehead atoms. The first-order valence-electron chi connectivity index (χ1n) is 6.57. The van der Waals surface area contributed by atoms with Crippen LogP contribution in [0.15, 0.2) is 36.4 Å². The van der Waals surface area contributed by atoms with Crippen molar-refractivity contribution in [3.05, 3.63) is 58.6 Å².